The van der Waals surface area contributed by atoms with Gasteiger partial charge in [-0.2, -0.15) is 0 Å². The average molecular weight is 668 g/mol. The minimum Gasteiger partial charge on any atom is -0.457 e. The van der Waals surface area contributed by atoms with E-state index in [1.54, 1.807) is 0 Å². The van der Waals surface area contributed by atoms with E-state index in [1.165, 1.54) is 50.5 Å². The van der Waals surface area contributed by atoms with Crippen LogP contribution in [0.3, 0.4) is 0 Å². The molecule has 3 aromatic rings. The van der Waals surface area contributed by atoms with Crippen molar-refractivity contribution < 1.29 is 14.0 Å². The van der Waals surface area contributed by atoms with Crippen molar-refractivity contribution in [2.45, 2.75) is 148 Å². The highest BCUT2D eigenvalue weighted by Gasteiger charge is 2.39. The maximum absolute atomic E-state index is 13.9. The Morgan fingerprint density at radius 2 is 1.50 bits per heavy atom. The maximum atomic E-state index is 13.9. The lowest BCUT2D eigenvalue weighted by molar-refractivity contribution is -0.116. The van der Waals surface area contributed by atoms with Crippen LogP contribution in [0.15, 0.2) is 66.7 Å². The van der Waals surface area contributed by atoms with Gasteiger partial charge in [0.05, 0.1) is 0 Å². The van der Waals surface area contributed by atoms with Crippen molar-refractivity contribution in [3.05, 3.63) is 89.0 Å². The lowest BCUT2D eigenvalue weighted by Gasteiger charge is -2.39. The zero-order valence-corrected chi connectivity index (χ0v) is 32.1. The molecule has 4 nitrogen and oxygen atoms in total. The van der Waals surface area contributed by atoms with Crippen LogP contribution in [0, 0.1) is 5.92 Å². The summed E-state index contributed by atoms with van der Waals surface area (Å²) in [5.74, 6) is 2.54. The van der Waals surface area contributed by atoms with Gasteiger partial charge in [0.2, 0.25) is 5.91 Å². The molecule has 1 saturated carbocycles. The summed E-state index contributed by atoms with van der Waals surface area (Å²) in [5.41, 5.74) is 5.37. The van der Waals surface area contributed by atoms with Gasteiger partial charge >= 0.3 is 0 Å². The first kappa shape index (κ1) is 36.4. The van der Waals surface area contributed by atoms with Gasteiger partial charge < -0.3 is 14.5 Å². The summed E-state index contributed by atoms with van der Waals surface area (Å²) < 4.78 is 13.3. The lowest BCUT2D eigenvalue weighted by Crippen LogP contribution is -2.44. The van der Waals surface area contributed by atoms with Crippen LogP contribution in [-0.2, 0) is 21.1 Å². The van der Waals surface area contributed by atoms with Crippen molar-refractivity contribution >= 4 is 19.9 Å². The zero-order chi connectivity index (χ0) is 34.5. The summed E-state index contributed by atoms with van der Waals surface area (Å²) in [6, 6.07) is 22.9. The van der Waals surface area contributed by atoms with Crippen LogP contribution in [0.1, 0.15) is 134 Å². The summed E-state index contributed by atoms with van der Waals surface area (Å²) in [7, 11) is -1.90. The lowest BCUT2D eigenvalue weighted by atomic mass is 9.84. The number of ether oxygens (including phenoxy) is 1. The van der Waals surface area contributed by atoms with Crippen molar-refractivity contribution in [1.82, 2.24) is 0 Å². The number of anilines is 1. The predicted molar refractivity (Wildman–Crippen MR) is 204 cm³/mol. The molecule has 48 heavy (non-hydrogen) atoms. The third-order valence-electron chi connectivity index (χ3n) is 11.3. The molecule has 0 radical (unpaired) electrons. The molecule has 0 bridgehead atoms. The molecule has 1 N–H and O–H groups in total. The molecule has 1 atom stereocenters. The number of hydrogen-bond donors (Lipinski definition) is 1. The van der Waals surface area contributed by atoms with E-state index >= 15 is 0 Å². The molecule has 1 fully saturated rings. The van der Waals surface area contributed by atoms with Crippen LogP contribution >= 0.6 is 0 Å². The second-order valence-electron chi connectivity index (χ2n) is 17.1. The van der Waals surface area contributed by atoms with Gasteiger partial charge in [0, 0.05) is 35.3 Å². The minimum absolute atomic E-state index is 0.0241. The SMILES string of the molecule is CC(C)(C)c1ccc(CCC(CCCC2CCCCC2)O[Si](C)(C)C(C)(C)C)cc1NC(=O)CC1c2ccccc2Oc2ccccc21. The number of amides is 1. The zero-order valence-electron chi connectivity index (χ0n) is 31.1. The molecule has 0 saturated heterocycles. The third-order valence-corrected chi connectivity index (χ3v) is 15.8. The van der Waals surface area contributed by atoms with E-state index < -0.39 is 8.32 Å². The number of hydrogen-bond acceptors (Lipinski definition) is 3. The monoisotopic (exact) mass is 667 g/mol. The first-order valence-corrected chi connectivity index (χ1v) is 21.6. The van der Waals surface area contributed by atoms with Crippen LogP contribution in [0.5, 0.6) is 11.5 Å². The van der Waals surface area contributed by atoms with Gasteiger partial charge in [-0.3, -0.25) is 4.79 Å². The van der Waals surface area contributed by atoms with E-state index in [0.717, 1.165) is 59.1 Å². The molecule has 5 heteroatoms. The number of benzene rings is 3. The first-order valence-electron chi connectivity index (χ1n) is 18.7. The third kappa shape index (κ3) is 9.21. The largest absolute Gasteiger partial charge is 0.457 e. The Labute approximate surface area is 292 Å². The van der Waals surface area contributed by atoms with Gasteiger partial charge in [0.25, 0.3) is 0 Å². The summed E-state index contributed by atoms with van der Waals surface area (Å²) in [4.78, 5) is 13.9. The molecule has 0 spiro atoms. The normalized spacial score (nSPS) is 16.5. The molecule has 0 aromatic heterocycles. The second kappa shape index (κ2) is 15.3. The van der Waals surface area contributed by atoms with Crippen LogP contribution < -0.4 is 10.1 Å². The van der Waals surface area contributed by atoms with Crippen molar-refractivity contribution in [1.29, 1.82) is 0 Å². The summed E-state index contributed by atoms with van der Waals surface area (Å²) in [6.45, 7) is 18.5. The molecule has 2 aliphatic rings. The highest BCUT2D eigenvalue weighted by molar-refractivity contribution is 6.74. The fourth-order valence-electron chi connectivity index (χ4n) is 7.41. The number of carbonyl (C=O) groups excluding carboxylic acids is 1. The maximum Gasteiger partial charge on any atom is 0.225 e. The van der Waals surface area contributed by atoms with Gasteiger partial charge in [-0.1, -0.05) is 135 Å². The van der Waals surface area contributed by atoms with E-state index in [9.17, 15) is 4.79 Å². The van der Waals surface area contributed by atoms with Crippen molar-refractivity contribution in [3.63, 3.8) is 0 Å². The van der Waals surface area contributed by atoms with E-state index in [-0.39, 0.29) is 28.4 Å². The van der Waals surface area contributed by atoms with E-state index in [0.29, 0.717) is 6.42 Å². The number of aryl methyl sites for hydroxylation is 1. The molecule has 3 aromatic carbocycles. The molecule has 1 amide bonds. The van der Waals surface area contributed by atoms with E-state index in [2.05, 4.69) is 90.3 Å². The summed E-state index contributed by atoms with van der Waals surface area (Å²) >= 11 is 0. The highest BCUT2D eigenvalue weighted by atomic mass is 28.4. The number of carbonyl (C=O) groups is 1. The van der Waals surface area contributed by atoms with E-state index in [1.807, 2.05) is 36.4 Å². The predicted octanol–water partition coefficient (Wildman–Crippen LogP) is 12.3. The summed E-state index contributed by atoms with van der Waals surface area (Å²) in [5, 5.41) is 3.57. The summed E-state index contributed by atoms with van der Waals surface area (Å²) in [6.07, 6.45) is 13.4. The van der Waals surface area contributed by atoms with Gasteiger partial charge in [0.15, 0.2) is 8.32 Å². The fraction of sp³-hybridized carbons (Fsp3) is 0.558. The van der Waals surface area contributed by atoms with Crippen LogP contribution in [0.4, 0.5) is 5.69 Å². The molecular weight excluding hydrogens is 607 g/mol. The van der Waals surface area contributed by atoms with Gasteiger partial charge in [-0.05, 0) is 78.1 Å². The molecule has 1 heterocycles. The quantitative estimate of drug-likeness (QED) is 0.196. The Kier molecular flexibility index (Phi) is 11.6. The van der Waals surface area contributed by atoms with Gasteiger partial charge in [0.1, 0.15) is 11.5 Å². The Hall–Kier alpha value is -2.89. The highest BCUT2D eigenvalue weighted by Crippen LogP contribution is 2.46. The Bertz CT molecular complexity index is 1480. The standard InChI is InChI=1S/C43H61NO3Si/c1-42(2,3)37-28-26-32(25-27-33(47-48(7,8)43(4,5)6)20-16-19-31-17-10-9-11-18-31)29-38(37)44-41(45)30-36-34-21-12-14-23-39(34)46-40-24-15-13-22-35(36)40/h12-15,21-24,26,28-29,31,33,36H,9-11,16-20,25,27,30H2,1-8H3,(H,44,45). The molecule has 5 rings (SSSR count). The Morgan fingerprint density at radius 1 is 0.875 bits per heavy atom. The van der Waals surface area contributed by atoms with Crippen molar-refractivity contribution in [2.24, 2.45) is 5.92 Å². The molecule has 1 aliphatic heterocycles. The first-order chi connectivity index (χ1) is 22.7. The number of nitrogens with one attached hydrogen (secondary N) is 1. The number of fused-ring (bicyclic) bond motifs is 2. The number of rotatable bonds is 12. The van der Waals surface area contributed by atoms with Crippen molar-refractivity contribution in [3.8, 4) is 11.5 Å². The van der Waals surface area contributed by atoms with Gasteiger partial charge in [-0.15, -0.1) is 0 Å². The fourth-order valence-corrected chi connectivity index (χ4v) is 8.84. The van der Waals surface area contributed by atoms with E-state index in [4.69, 9.17) is 9.16 Å². The van der Waals surface area contributed by atoms with Crippen LogP contribution in [-0.4, -0.2) is 20.3 Å². The van der Waals surface area contributed by atoms with Crippen molar-refractivity contribution in [2.75, 3.05) is 5.32 Å². The minimum atomic E-state index is -1.90. The smallest absolute Gasteiger partial charge is 0.225 e. The molecule has 1 aliphatic carbocycles. The van der Waals surface area contributed by atoms with Crippen LogP contribution in [0.2, 0.25) is 18.1 Å². The molecule has 1 unspecified atom stereocenters. The molecule has 260 valence electrons. The number of para-hydroxylation sites is 2. The Morgan fingerprint density at radius 3 is 2.10 bits per heavy atom. The van der Waals surface area contributed by atoms with Gasteiger partial charge in [-0.25, -0.2) is 0 Å². The topological polar surface area (TPSA) is 47.6 Å². The second-order valence-corrected chi connectivity index (χ2v) is 21.8. The molecular formula is C43H61NO3Si. The average Bonchev–Trinajstić information content (AvgIpc) is 3.03. The Balaban J connectivity index is 1.31. The van der Waals surface area contributed by atoms with Crippen LogP contribution in [0.25, 0.3) is 0 Å².